The van der Waals surface area contributed by atoms with Gasteiger partial charge in [-0.15, -0.1) is 0 Å². The number of esters is 1. The lowest BCUT2D eigenvalue weighted by Crippen LogP contribution is -2.12. The normalized spacial score (nSPS) is 15.8. The Hall–Kier alpha value is -2.69. The summed E-state index contributed by atoms with van der Waals surface area (Å²) in [5.41, 5.74) is 1.97. The molecular formula is C19H18FNO3. The number of nitrogens with one attached hydrogen (secondary N) is 1. The van der Waals surface area contributed by atoms with Gasteiger partial charge < -0.3 is 10.1 Å². The summed E-state index contributed by atoms with van der Waals surface area (Å²) in [7, 11) is 0. The minimum absolute atomic E-state index is 0.229. The number of carbonyl (C=O) groups is 2. The van der Waals surface area contributed by atoms with E-state index in [0.29, 0.717) is 16.8 Å². The minimum Gasteiger partial charge on any atom is -0.454 e. The van der Waals surface area contributed by atoms with Crippen LogP contribution in [0, 0.1) is 5.82 Å². The molecule has 2 aromatic rings. The third kappa shape index (κ3) is 3.30. The Balaban J connectivity index is 1.80. The molecule has 0 saturated carbocycles. The van der Waals surface area contributed by atoms with Crippen LogP contribution in [0.3, 0.4) is 0 Å². The molecule has 3 rings (SSSR count). The first-order chi connectivity index (χ1) is 11.6. The summed E-state index contributed by atoms with van der Waals surface area (Å²) in [6.45, 7) is 2.08. The zero-order valence-corrected chi connectivity index (χ0v) is 13.3. The molecule has 1 atom stereocenters. The number of ether oxygens (including phenoxy) is 1. The number of rotatable bonds is 5. The van der Waals surface area contributed by atoms with Crippen molar-refractivity contribution >= 4 is 17.6 Å². The molecule has 0 spiro atoms. The van der Waals surface area contributed by atoms with Gasteiger partial charge in [-0.3, -0.25) is 4.79 Å². The maximum absolute atomic E-state index is 13.2. The molecule has 1 amide bonds. The van der Waals surface area contributed by atoms with Crippen molar-refractivity contribution in [1.29, 1.82) is 0 Å². The second kappa shape index (κ2) is 6.83. The molecule has 1 aliphatic rings. The van der Waals surface area contributed by atoms with E-state index in [0.717, 1.165) is 24.8 Å². The smallest absolute Gasteiger partial charge is 0.339 e. The van der Waals surface area contributed by atoms with Crippen LogP contribution in [0.15, 0.2) is 42.5 Å². The van der Waals surface area contributed by atoms with Gasteiger partial charge in [0.15, 0.2) is 0 Å². The van der Waals surface area contributed by atoms with Crippen LogP contribution < -0.4 is 5.32 Å². The summed E-state index contributed by atoms with van der Waals surface area (Å²) in [6.07, 6.45) is 2.55. The maximum Gasteiger partial charge on any atom is 0.339 e. The monoisotopic (exact) mass is 327 g/mol. The number of hydrogen-bond acceptors (Lipinski definition) is 3. The average molecular weight is 327 g/mol. The highest BCUT2D eigenvalue weighted by atomic mass is 19.1. The van der Waals surface area contributed by atoms with Crippen LogP contribution in [0.25, 0.3) is 0 Å². The molecule has 0 saturated heterocycles. The fourth-order valence-corrected chi connectivity index (χ4v) is 2.78. The van der Waals surface area contributed by atoms with Crippen molar-refractivity contribution in [3.05, 3.63) is 65.0 Å². The number of unbranched alkanes of at least 4 members (excludes halogenated alkanes) is 1. The summed E-state index contributed by atoms with van der Waals surface area (Å²) in [6, 6.07) is 10.6. The van der Waals surface area contributed by atoms with Crippen LogP contribution in [0.1, 0.15) is 58.6 Å². The zero-order valence-electron chi connectivity index (χ0n) is 13.3. The Morgan fingerprint density at radius 3 is 2.83 bits per heavy atom. The van der Waals surface area contributed by atoms with Gasteiger partial charge >= 0.3 is 5.97 Å². The molecular weight excluding hydrogens is 309 g/mol. The largest absolute Gasteiger partial charge is 0.454 e. The standard InChI is InChI=1S/C19H18FNO3/c1-2-3-7-17-15-9-8-12(10-16(15)19(23)24-17)18(22)21-14-6-4-5-13(20)11-14/h4-6,8-11,17H,2-3,7H2,1H3,(H,21,22). The number of fused-ring (bicyclic) bond motifs is 1. The van der Waals surface area contributed by atoms with Crippen molar-refractivity contribution in [2.75, 3.05) is 5.32 Å². The highest BCUT2D eigenvalue weighted by molar-refractivity contribution is 6.06. The van der Waals surface area contributed by atoms with Crippen LogP contribution >= 0.6 is 0 Å². The molecule has 1 N–H and O–H groups in total. The predicted molar refractivity (Wildman–Crippen MR) is 88.5 cm³/mol. The molecule has 2 aromatic carbocycles. The van der Waals surface area contributed by atoms with E-state index in [-0.39, 0.29) is 6.10 Å². The molecule has 124 valence electrons. The highest BCUT2D eigenvalue weighted by Crippen LogP contribution is 2.34. The van der Waals surface area contributed by atoms with Gasteiger partial charge in [0.25, 0.3) is 5.91 Å². The van der Waals surface area contributed by atoms with E-state index in [4.69, 9.17) is 4.74 Å². The third-order valence-corrected chi connectivity index (χ3v) is 4.03. The second-order valence-electron chi connectivity index (χ2n) is 5.80. The van der Waals surface area contributed by atoms with E-state index in [1.807, 2.05) is 0 Å². The van der Waals surface area contributed by atoms with Crippen molar-refractivity contribution in [1.82, 2.24) is 0 Å². The fourth-order valence-electron chi connectivity index (χ4n) is 2.78. The molecule has 4 nitrogen and oxygen atoms in total. The van der Waals surface area contributed by atoms with Crippen molar-refractivity contribution in [2.45, 2.75) is 32.3 Å². The first-order valence-corrected chi connectivity index (χ1v) is 8.00. The number of benzene rings is 2. The highest BCUT2D eigenvalue weighted by Gasteiger charge is 2.31. The third-order valence-electron chi connectivity index (χ3n) is 4.03. The Bertz CT molecular complexity index is 788. The van der Waals surface area contributed by atoms with Crippen LogP contribution in [-0.2, 0) is 4.74 Å². The second-order valence-corrected chi connectivity index (χ2v) is 5.80. The Morgan fingerprint density at radius 1 is 1.25 bits per heavy atom. The van der Waals surface area contributed by atoms with E-state index >= 15 is 0 Å². The summed E-state index contributed by atoms with van der Waals surface area (Å²) < 4.78 is 18.6. The summed E-state index contributed by atoms with van der Waals surface area (Å²) in [5, 5.41) is 2.62. The van der Waals surface area contributed by atoms with Crippen LogP contribution in [0.5, 0.6) is 0 Å². The predicted octanol–water partition coefficient (Wildman–Crippen LogP) is 4.48. The molecule has 0 bridgehead atoms. The Labute approximate surface area is 139 Å². The summed E-state index contributed by atoms with van der Waals surface area (Å²) in [4.78, 5) is 24.3. The fraction of sp³-hybridized carbons (Fsp3) is 0.263. The molecule has 24 heavy (non-hydrogen) atoms. The van der Waals surface area contributed by atoms with Crippen molar-refractivity contribution < 1.29 is 18.7 Å². The van der Waals surface area contributed by atoms with Gasteiger partial charge in [0.2, 0.25) is 0 Å². The minimum atomic E-state index is -0.427. The zero-order chi connectivity index (χ0) is 17.1. The Kier molecular flexibility index (Phi) is 4.60. The lowest BCUT2D eigenvalue weighted by atomic mass is 9.99. The number of amides is 1. The van der Waals surface area contributed by atoms with Gasteiger partial charge in [-0.05, 0) is 43.2 Å². The van der Waals surface area contributed by atoms with Gasteiger partial charge in [0, 0.05) is 16.8 Å². The van der Waals surface area contributed by atoms with E-state index < -0.39 is 17.7 Å². The maximum atomic E-state index is 13.2. The first-order valence-electron chi connectivity index (χ1n) is 8.00. The number of carbonyl (C=O) groups excluding carboxylic acids is 2. The Morgan fingerprint density at radius 2 is 2.08 bits per heavy atom. The van der Waals surface area contributed by atoms with Gasteiger partial charge in [-0.25, -0.2) is 9.18 Å². The molecule has 0 aromatic heterocycles. The number of anilines is 1. The molecule has 5 heteroatoms. The van der Waals surface area contributed by atoms with E-state index in [2.05, 4.69) is 12.2 Å². The SMILES string of the molecule is CCCCC1OC(=O)c2cc(C(=O)Nc3cccc(F)c3)ccc21. The average Bonchev–Trinajstić information content (AvgIpc) is 2.88. The topological polar surface area (TPSA) is 55.4 Å². The lowest BCUT2D eigenvalue weighted by Gasteiger charge is -2.10. The van der Waals surface area contributed by atoms with Crippen LogP contribution in [0.4, 0.5) is 10.1 Å². The molecule has 1 aliphatic heterocycles. The molecule has 1 heterocycles. The quantitative estimate of drug-likeness (QED) is 0.824. The van der Waals surface area contributed by atoms with Gasteiger partial charge in [-0.2, -0.15) is 0 Å². The van der Waals surface area contributed by atoms with E-state index in [1.165, 1.54) is 24.3 Å². The van der Waals surface area contributed by atoms with Crippen molar-refractivity contribution in [3.63, 3.8) is 0 Å². The summed E-state index contributed by atoms with van der Waals surface area (Å²) in [5.74, 6) is -1.22. The van der Waals surface area contributed by atoms with Gasteiger partial charge in [0.05, 0.1) is 5.56 Å². The van der Waals surface area contributed by atoms with E-state index in [9.17, 15) is 14.0 Å². The molecule has 0 fully saturated rings. The number of halogens is 1. The number of hydrogen-bond donors (Lipinski definition) is 1. The molecule has 0 radical (unpaired) electrons. The summed E-state index contributed by atoms with van der Waals surface area (Å²) >= 11 is 0. The lowest BCUT2D eigenvalue weighted by molar-refractivity contribution is 0.0364. The van der Waals surface area contributed by atoms with Crippen LogP contribution in [-0.4, -0.2) is 11.9 Å². The molecule has 1 unspecified atom stereocenters. The number of cyclic esters (lactones) is 1. The van der Waals surface area contributed by atoms with E-state index in [1.54, 1.807) is 18.2 Å². The van der Waals surface area contributed by atoms with Crippen molar-refractivity contribution in [2.24, 2.45) is 0 Å². The van der Waals surface area contributed by atoms with Crippen LogP contribution in [0.2, 0.25) is 0 Å². The van der Waals surface area contributed by atoms with Crippen molar-refractivity contribution in [3.8, 4) is 0 Å². The van der Waals surface area contributed by atoms with Gasteiger partial charge in [-0.1, -0.05) is 25.5 Å². The first kappa shape index (κ1) is 16.2. The van der Waals surface area contributed by atoms with Gasteiger partial charge in [0.1, 0.15) is 11.9 Å². The molecule has 0 aliphatic carbocycles.